The third-order valence-corrected chi connectivity index (χ3v) is 6.93. The van der Waals surface area contributed by atoms with E-state index in [9.17, 15) is 5.11 Å². The van der Waals surface area contributed by atoms with Gasteiger partial charge in [-0.25, -0.2) is 9.97 Å². The standard InChI is InChI=1S/C23H32N6OS/c1-5-16(12-30)8-9-24-21-19(14(3)27-23(29-21)25-11-17-6-7-17)22-28-20-15(4)26-13(2)10-18(20)31-22/h10,16-17,30H,5-9,11-12H2,1-4H3,(H2,24,25,27,29). The van der Waals surface area contributed by atoms with Gasteiger partial charge in [0.05, 0.1) is 21.7 Å². The predicted molar refractivity (Wildman–Crippen MR) is 128 cm³/mol. The Kier molecular flexibility index (Phi) is 6.67. The minimum Gasteiger partial charge on any atom is -0.396 e. The van der Waals surface area contributed by atoms with Gasteiger partial charge in [0.1, 0.15) is 16.3 Å². The molecule has 7 nitrogen and oxygen atoms in total. The van der Waals surface area contributed by atoms with E-state index in [-0.39, 0.29) is 6.61 Å². The van der Waals surface area contributed by atoms with Gasteiger partial charge in [0.25, 0.3) is 0 Å². The summed E-state index contributed by atoms with van der Waals surface area (Å²) in [5, 5.41) is 17.4. The average molecular weight is 441 g/mol. The van der Waals surface area contributed by atoms with Gasteiger partial charge in [-0.2, -0.15) is 4.98 Å². The maximum absolute atomic E-state index is 9.52. The number of hydrogen-bond acceptors (Lipinski definition) is 8. The summed E-state index contributed by atoms with van der Waals surface area (Å²) in [5.74, 6) is 2.52. The lowest BCUT2D eigenvalue weighted by Crippen LogP contribution is -2.15. The molecule has 0 spiro atoms. The molecule has 1 fully saturated rings. The van der Waals surface area contributed by atoms with E-state index in [1.807, 2.05) is 20.8 Å². The molecule has 1 unspecified atom stereocenters. The molecule has 0 amide bonds. The number of hydrogen-bond donors (Lipinski definition) is 3. The molecule has 3 aromatic rings. The van der Waals surface area contributed by atoms with Crippen molar-refractivity contribution in [1.82, 2.24) is 19.9 Å². The Morgan fingerprint density at radius 1 is 1.10 bits per heavy atom. The summed E-state index contributed by atoms with van der Waals surface area (Å²) in [6.07, 6.45) is 4.43. The highest BCUT2D eigenvalue weighted by Crippen LogP contribution is 2.37. The zero-order valence-electron chi connectivity index (χ0n) is 18.8. The Morgan fingerprint density at radius 3 is 2.61 bits per heavy atom. The fourth-order valence-corrected chi connectivity index (χ4v) is 4.96. The number of pyridine rings is 1. The van der Waals surface area contributed by atoms with Crippen molar-refractivity contribution < 1.29 is 5.11 Å². The first-order valence-corrected chi connectivity index (χ1v) is 12.0. The number of thiazole rings is 1. The lowest BCUT2D eigenvalue weighted by Gasteiger charge is -2.16. The van der Waals surface area contributed by atoms with Gasteiger partial charge < -0.3 is 15.7 Å². The molecule has 4 rings (SSSR count). The van der Waals surface area contributed by atoms with Crippen LogP contribution in [0.2, 0.25) is 0 Å². The van der Waals surface area contributed by atoms with Crippen molar-refractivity contribution in [1.29, 1.82) is 0 Å². The fraction of sp³-hybridized carbons (Fsp3) is 0.565. The molecule has 0 saturated heterocycles. The molecule has 0 aliphatic heterocycles. The van der Waals surface area contributed by atoms with Crippen LogP contribution < -0.4 is 10.6 Å². The summed E-state index contributed by atoms with van der Waals surface area (Å²) in [4.78, 5) is 19.0. The topological polar surface area (TPSA) is 95.8 Å². The molecule has 1 aliphatic rings. The van der Waals surface area contributed by atoms with Crippen molar-refractivity contribution in [2.45, 2.75) is 53.4 Å². The number of aromatic nitrogens is 4. The number of nitrogens with one attached hydrogen (secondary N) is 2. The van der Waals surface area contributed by atoms with Gasteiger partial charge in [-0.05, 0) is 57.9 Å². The quantitative estimate of drug-likeness (QED) is 0.420. The molecule has 3 heterocycles. The second-order valence-corrected chi connectivity index (χ2v) is 9.60. The van der Waals surface area contributed by atoms with Crippen molar-refractivity contribution in [3.8, 4) is 10.6 Å². The predicted octanol–water partition coefficient (Wildman–Crippen LogP) is 4.72. The van der Waals surface area contributed by atoms with Gasteiger partial charge in [-0.1, -0.05) is 13.3 Å². The van der Waals surface area contributed by atoms with Crippen LogP contribution in [0.25, 0.3) is 20.8 Å². The lowest BCUT2D eigenvalue weighted by molar-refractivity contribution is 0.217. The second kappa shape index (κ2) is 9.44. The highest BCUT2D eigenvalue weighted by atomic mass is 32.1. The van der Waals surface area contributed by atoms with Crippen LogP contribution in [0.1, 0.15) is 49.7 Å². The Morgan fingerprint density at radius 2 is 1.90 bits per heavy atom. The van der Waals surface area contributed by atoms with Crippen LogP contribution in [0.4, 0.5) is 11.8 Å². The van der Waals surface area contributed by atoms with E-state index in [4.69, 9.17) is 15.0 Å². The smallest absolute Gasteiger partial charge is 0.224 e. The lowest BCUT2D eigenvalue weighted by atomic mass is 10.0. The van der Waals surface area contributed by atoms with Crippen LogP contribution in [0.3, 0.4) is 0 Å². The monoisotopic (exact) mass is 440 g/mol. The summed E-state index contributed by atoms with van der Waals surface area (Å²) in [6, 6.07) is 2.09. The first-order chi connectivity index (χ1) is 15.0. The number of anilines is 2. The van der Waals surface area contributed by atoms with E-state index in [0.29, 0.717) is 11.9 Å². The van der Waals surface area contributed by atoms with Crippen molar-refractivity contribution >= 4 is 33.3 Å². The van der Waals surface area contributed by atoms with Gasteiger partial charge in [0.15, 0.2) is 0 Å². The molecule has 0 aromatic carbocycles. The Bertz CT molecular complexity index is 1060. The first-order valence-electron chi connectivity index (χ1n) is 11.2. The molecule has 1 aliphatic carbocycles. The van der Waals surface area contributed by atoms with E-state index in [2.05, 4.69) is 28.6 Å². The van der Waals surface area contributed by atoms with Crippen LogP contribution in [-0.4, -0.2) is 44.7 Å². The molecule has 0 radical (unpaired) electrons. The highest BCUT2D eigenvalue weighted by molar-refractivity contribution is 7.21. The molecule has 1 saturated carbocycles. The van der Waals surface area contributed by atoms with E-state index in [1.54, 1.807) is 11.3 Å². The number of aliphatic hydroxyl groups is 1. The Labute approximate surface area is 187 Å². The van der Waals surface area contributed by atoms with Gasteiger partial charge in [-0.3, -0.25) is 4.98 Å². The third kappa shape index (κ3) is 5.13. The maximum atomic E-state index is 9.52. The van der Waals surface area contributed by atoms with E-state index in [1.165, 1.54) is 12.8 Å². The molecule has 3 aromatic heterocycles. The average Bonchev–Trinajstić information content (AvgIpc) is 3.47. The van der Waals surface area contributed by atoms with Gasteiger partial charge in [-0.15, -0.1) is 11.3 Å². The van der Waals surface area contributed by atoms with E-state index in [0.717, 1.165) is 75.5 Å². The Hall–Kier alpha value is -2.32. The highest BCUT2D eigenvalue weighted by Gasteiger charge is 2.23. The molecule has 0 bridgehead atoms. The summed E-state index contributed by atoms with van der Waals surface area (Å²) in [5.41, 5.74) is 4.75. The number of aliphatic hydroxyl groups excluding tert-OH is 1. The van der Waals surface area contributed by atoms with Gasteiger partial charge >= 0.3 is 0 Å². The number of aryl methyl sites for hydroxylation is 3. The van der Waals surface area contributed by atoms with Crippen LogP contribution >= 0.6 is 11.3 Å². The van der Waals surface area contributed by atoms with Gasteiger partial charge in [0.2, 0.25) is 5.95 Å². The summed E-state index contributed by atoms with van der Waals surface area (Å²) in [6.45, 7) is 10.0. The van der Waals surface area contributed by atoms with Crippen LogP contribution in [-0.2, 0) is 0 Å². The number of nitrogens with zero attached hydrogens (tertiary/aromatic N) is 4. The number of fused-ring (bicyclic) bond motifs is 1. The molecular weight excluding hydrogens is 408 g/mol. The zero-order valence-corrected chi connectivity index (χ0v) is 19.6. The molecule has 1 atom stereocenters. The van der Waals surface area contributed by atoms with Gasteiger partial charge in [0, 0.05) is 25.4 Å². The fourth-order valence-electron chi connectivity index (χ4n) is 3.75. The zero-order chi connectivity index (χ0) is 22.0. The first kappa shape index (κ1) is 21.9. The van der Waals surface area contributed by atoms with Crippen LogP contribution in [0.15, 0.2) is 6.07 Å². The van der Waals surface area contributed by atoms with Crippen molar-refractivity contribution in [3.63, 3.8) is 0 Å². The minimum atomic E-state index is 0.214. The van der Waals surface area contributed by atoms with Crippen molar-refractivity contribution in [2.24, 2.45) is 11.8 Å². The third-order valence-electron chi connectivity index (χ3n) is 5.91. The van der Waals surface area contributed by atoms with E-state index >= 15 is 0 Å². The molecule has 31 heavy (non-hydrogen) atoms. The molecule has 166 valence electrons. The second-order valence-electron chi connectivity index (χ2n) is 8.57. The molecular formula is C23H32N6OS. The normalized spacial score (nSPS) is 14.7. The Balaban J connectivity index is 1.68. The SMILES string of the molecule is CCC(CO)CCNc1nc(NCC2CC2)nc(C)c1-c1nc2c(C)nc(C)cc2s1. The summed E-state index contributed by atoms with van der Waals surface area (Å²) >= 11 is 1.66. The summed E-state index contributed by atoms with van der Waals surface area (Å²) < 4.78 is 1.13. The molecule has 3 N–H and O–H groups in total. The van der Waals surface area contributed by atoms with Crippen molar-refractivity contribution in [3.05, 3.63) is 23.1 Å². The molecule has 8 heteroatoms. The van der Waals surface area contributed by atoms with E-state index < -0.39 is 0 Å². The van der Waals surface area contributed by atoms with Crippen LogP contribution in [0, 0.1) is 32.6 Å². The minimum absolute atomic E-state index is 0.214. The van der Waals surface area contributed by atoms with Crippen LogP contribution in [0.5, 0.6) is 0 Å². The summed E-state index contributed by atoms with van der Waals surface area (Å²) in [7, 11) is 0. The largest absolute Gasteiger partial charge is 0.396 e. The maximum Gasteiger partial charge on any atom is 0.224 e. The van der Waals surface area contributed by atoms with Crippen molar-refractivity contribution in [2.75, 3.05) is 30.3 Å². The number of rotatable bonds is 10.